The highest BCUT2D eigenvalue weighted by molar-refractivity contribution is 6.31. The number of aryl methyl sites for hydroxylation is 1. The van der Waals surface area contributed by atoms with Gasteiger partial charge in [0.05, 0.1) is 13.2 Å². The fourth-order valence-corrected chi connectivity index (χ4v) is 1.61. The first kappa shape index (κ1) is 14.3. The Labute approximate surface area is 111 Å². The molecule has 94 valence electrons. The summed E-state index contributed by atoms with van der Waals surface area (Å²) in [5.74, 6) is 0.320. The van der Waals surface area contributed by atoms with Crippen molar-refractivity contribution in [3.63, 3.8) is 0 Å². The Morgan fingerprint density at radius 2 is 2.18 bits per heavy atom. The van der Waals surface area contributed by atoms with E-state index < -0.39 is 0 Å². The molecule has 1 N–H and O–H groups in total. The van der Waals surface area contributed by atoms with Gasteiger partial charge in [0.15, 0.2) is 0 Å². The summed E-state index contributed by atoms with van der Waals surface area (Å²) in [6, 6.07) is 5.24. The number of alkyl halides is 1. The molecular weight excluding hydrogens is 261 g/mol. The first-order valence-electron chi connectivity index (χ1n) is 5.33. The lowest BCUT2D eigenvalue weighted by atomic mass is 10.1. The number of nitrogens with one attached hydrogen (secondary N) is 1. The molecule has 17 heavy (non-hydrogen) atoms. The summed E-state index contributed by atoms with van der Waals surface area (Å²) >= 11 is 11.3. The minimum Gasteiger partial charge on any atom is -0.378 e. The minimum absolute atomic E-state index is 0.139. The predicted molar refractivity (Wildman–Crippen MR) is 70.1 cm³/mol. The van der Waals surface area contributed by atoms with E-state index in [-0.39, 0.29) is 5.91 Å². The normalized spacial score (nSPS) is 10.3. The van der Waals surface area contributed by atoms with Gasteiger partial charge in [0, 0.05) is 23.0 Å². The summed E-state index contributed by atoms with van der Waals surface area (Å²) in [5, 5.41) is 3.31. The van der Waals surface area contributed by atoms with Gasteiger partial charge in [-0.25, -0.2) is 0 Å². The fourth-order valence-electron chi connectivity index (χ4n) is 1.33. The lowest BCUT2D eigenvalue weighted by molar-refractivity contribution is 0.0923. The van der Waals surface area contributed by atoms with Gasteiger partial charge in [0.25, 0.3) is 5.91 Å². The molecule has 0 atom stereocenters. The van der Waals surface area contributed by atoms with Crippen LogP contribution >= 0.6 is 23.2 Å². The summed E-state index contributed by atoms with van der Waals surface area (Å²) in [6.07, 6.45) is 0. The summed E-state index contributed by atoms with van der Waals surface area (Å²) in [5.41, 5.74) is 1.49. The van der Waals surface area contributed by atoms with Gasteiger partial charge in [-0.1, -0.05) is 17.7 Å². The predicted octanol–water partition coefficient (Wildman–Crippen LogP) is 2.63. The molecule has 1 amide bonds. The van der Waals surface area contributed by atoms with Crippen molar-refractivity contribution < 1.29 is 9.53 Å². The molecule has 0 aliphatic rings. The molecule has 0 aromatic heterocycles. The number of rotatable bonds is 6. The average molecular weight is 276 g/mol. The number of ether oxygens (including phenoxy) is 1. The van der Waals surface area contributed by atoms with E-state index in [4.69, 9.17) is 27.9 Å². The summed E-state index contributed by atoms with van der Waals surface area (Å²) in [4.78, 5) is 11.8. The second kappa shape index (κ2) is 7.54. The van der Waals surface area contributed by atoms with E-state index in [1.807, 2.05) is 13.0 Å². The fraction of sp³-hybridized carbons (Fsp3) is 0.417. The third-order valence-electron chi connectivity index (χ3n) is 2.20. The van der Waals surface area contributed by atoms with Gasteiger partial charge in [-0.2, -0.15) is 0 Å². The molecule has 3 nitrogen and oxygen atoms in total. The summed E-state index contributed by atoms with van der Waals surface area (Å²) in [6.45, 7) is 3.28. The number of amides is 1. The molecule has 0 radical (unpaired) electrons. The van der Waals surface area contributed by atoms with Crippen LogP contribution in [0.2, 0.25) is 5.02 Å². The SMILES string of the molecule is Cc1ccc(Cl)cc1C(=O)NCCOCCCl. The van der Waals surface area contributed by atoms with Gasteiger partial charge in [-0.3, -0.25) is 4.79 Å². The van der Waals surface area contributed by atoms with E-state index in [2.05, 4.69) is 5.32 Å². The summed E-state index contributed by atoms with van der Waals surface area (Å²) in [7, 11) is 0. The lowest BCUT2D eigenvalue weighted by Crippen LogP contribution is -2.28. The van der Waals surface area contributed by atoms with E-state index in [1.165, 1.54) is 0 Å². The van der Waals surface area contributed by atoms with Crippen LogP contribution in [0.1, 0.15) is 15.9 Å². The summed E-state index contributed by atoms with van der Waals surface area (Å²) < 4.78 is 5.15. The zero-order valence-corrected chi connectivity index (χ0v) is 11.1. The molecule has 1 aromatic rings. The van der Waals surface area contributed by atoms with E-state index >= 15 is 0 Å². The van der Waals surface area contributed by atoms with Crippen molar-refractivity contribution in [1.82, 2.24) is 5.32 Å². The quantitative estimate of drug-likeness (QED) is 0.640. The Morgan fingerprint density at radius 1 is 1.41 bits per heavy atom. The van der Waals surface area contributed by atoms with Crippen molar-refractivity contribution in [3.8, 4) is 0 Å². The topological polar surface area (TPSA) is 38.3 Å². The third kappa shape index (κ3) is 4.94. The Bertz CT molecular complexity index is 383. The van der Waals surface area contributed by atoms with Crippen LogP contribution in [0.4, 0.5) is 0 Å². The van der Waals surface area contributed by atoms with Crippen molar-refractivity contribution in [2.75, 3.05) is 25.6 Å². The van der Waals surface area contributed by atoms with Crippen LogP contribution in [0.3, 0.4) is 0 Å². The molecule has 0 bridgehead atoms. The maximum Gasteiger partial charge on any atom is 0.251 e. The van der Waals surface area contributed by atoms with Crippen molar-refractivity contribution >= 4 is 29.1 Å². The molecule has 0 aliphatic heterocycles. The molecule has 0 unspecified atom stereocenters. The maximum absolute atomic E-state index is 11.8. The van der Waals surface area contributed by atoms with Crippen molar-refractivity contribution in [2.24, 2.45) is 0 Å². The molecule has 0 aliphatic carbocycles. The average Bonchev–Trinajstić information content (AvgIpc) is 2.32. The number of benzene rings is 1. The van der Waals surface area contributed by atoms with E-state index in [9.17, 15) is 4.79 Å². The van der Waals surface area contributed by atoms with Gasteiger partial charge in [0.2, 0.25) is 0 Å². The number of hydrogen-bond donors (Lipinski definition) is 1. The highest BCUT2D eigenvalue weighted by atomic mass is 35.5. The standard InChI is InChI=1S/C12H15Cl2NO2/c1-9-2-3-10(14)8-11(9)12(16)15-5-7-17-6-4-13/h2-3,8H,4-7H2,1H3,(H,15,16). The molecule has 0 spiro atoms. The Kier molecular flexibility index (Phi) is 6.34. The van der Waals surface area contributed by atoms with Crippen LogP contribution in [0.15, 0.2) is 18.2 Å². The first-order chi connectivity index (χ1) is 8.15. The highest BCUT2D eigenvalue weighted by Crippen LogP contribution is 2.15. The molecule has 5 heteroatoms. The Morgan fingerprint density at radius 3 is 2.88 bits per heavy atom. The van der Waals surface area contributed by atoms with Gasteiger partial charge in [-0.05, 0) is 24.6 Å². The number of halogens is 2. The van der Waals surface area contributed by atoms with Crippen LogP contribution < -0.4 is 5.32 Å². The number of carbonyl (C=O) groups is 1. The lowest BCUT2D eigenvalue weighted by Gasteiger charge is -2.08. The zero-order valence-electron chi connectivity index (χ0n) is 9.63. The zero-order chi connectivity index (χ0) is 12.7. The van der Waals surface area contributed by atoms with Crippen LogP contribution in [0.25, 0.3) is 0 Å². The van der Waals surface area contributed by atoms with Crippen molar-refractivity contribution in [3.05, 3.63) is 34.3 Å². The van der Waals surface area contributed by atoms with E-state index in [0.717, 1.165) is 5.56 Å². The second-order valence-electron chi connectivity index (χ2n) is 3.52. The Balaban J connectivity index is 2.44. The molecule has 1 rings (SSSR count). The van der Waals surface area contributed by atoms with E-state index in [1.54, 1.807) is 12.1 Å². The molecular formula is C12H15Cl2NO2. The second-order valence-corrected chi connectivity index (χ2v) is 4.33. The number of hydrogen-bond acceptors (Lipinski definition) is 2. The van der Waals surface area contributed by atoms with Gasteiger partial charge >= 0.3 is 0 Å². The Hall–Kier alpha value is -0.770. The van der Waals surface area contributed by atoms with Gasteiger partial charge < -0.3 is 10.1 Å². The molecule has 1 aromatic carbocycles. The van der Waals surface area contributed by atoms with Gasteiger partial charge in [-0.15, -0.1) is 11.6 Å². The van der Waals surface area contributed by atoms with E-state index in [0.29, 0.717) is 36.2 Å². The molecule has 0 saturated heterocycles. The van der Waals surface area contributed by atoms with Crippen LogP contribution in [0, 0.1) is 6.92 Å². The highest BCUT2D eigenvalue weighted by Gasteiger charge is 2.08. The molecule has 0 heterocycles. The largest absolute Gasteiger partial charge is 0.378 e. The molecule has 0 fully saturated rings. The van der Waals surface area contributed by atoms with Crippen molar-refractivity contribution in [1.29, 1.82) is 0 Å². The maximum atomic E-state index is 11.8. The number of carbonyl (C=O) groups excluding carboxylic acids is 1. The third-order valence-corrected chi connectivity index (χ3v) is 2.59. The van der Waals surface area contributed by atoms with Crippen LogP contribution in [-0.2, 0) is 4.74 Å². The monoisotopic (exact) mass is 275 g/mol. The first-order valence-corrected chi connectivity index (χ1v) is 6.24. The van der Waals surface area contributed by atoms with Gasteiger partial charge in [0.1, 0.15) is 0 Å². The minimum atomic E-state index is -0.139. The smallest absolute Gasteiger partial charge is 0.251 e. The van der Waals surface area contributed by atoms with Crippen molar-refractivity contribution in [2.45, 2.75) is 6.92 Å². The van der Waals surface area contributed by atoms with Crippen LogP contribution in [0.5, 0.6) is 0 Å². The van der Waals surface area contributed by atoms with Crippen LogP contribution in [-0.4, -0.2) is 31.5 Å². The molecule has 0 saturated carbocycles.